The second-order valence-electron chi connectivity index (χ2n) is 12.7. The topological polar surface area (TPSA) is 125 Å². The number of hydrogen-bond acceptors (Lipinski definition) is 7. The predicted molar refractivity (Wildman–Crippen MR) is 178 cm³/mol. The van der Waals surface area contributed by atoms with Gasteiger partial charge in [0.15, 0.2) is 0 Å². The van der Waals surface area contributed by atoms with E-state index in [-0.39, 0.29) is 48.2 Å². The van der Waals surface area contributed by atoms with Crippen molar-refractivity contribution in [2.45, 2.75) is 93.5 Å². The average Bonchev–Trinajstić information content (AvgIpc) is 3.63. The number of esters is 1. The first-order chi connectivity index (χ1) is 22.1. The molecule has 10 nitrogen and oxygen atoms in total. The van der Waals surface area contributed by atoms with Crippen LogP contribution in [0.3, 0.4) is 0 Å². The smallest absolute Gasteiger partial charge is 0.306 e. The van der Waals surface area contributed by atoms with Crippen molar-refractivity contribution >= 4 is 39.6 Å². The van der Waals surface area contributed by atoms with Crippen molar-refractivity contribution in [2.75, 3.05) is 26.3 Å². The second kappa shape index (κ2) is 16.2. The van der Waals surface area contributed by atoms with Crippen LogP contribution in [0.5, 0.6) is 0 Å². The van der Waals surface area contributed by atoms with Gasteiger partial charge < -0.3 is 29.7 Å². The molecule has 0 aromatic heterocycles. The summed E-state index contributed by atoms with van der Waals surface area (Å²) in [5.74, 6) is -2.94. The summed E-state index contributed by atoms with van der Waals surface area (Å²) in [5.41, 5.74) is -0.415. The van der Waals surface area contributed by atoms with Crippen LogP contribution >= 0.6 is 15.9 Å². The maximum absolute atomic E-state index is 14.4. The number of aliphatic hydroxyl groups is 1. The number of halogens is 1. The molecule has 252 valence electrons. The third-order valence-corrected chi connectivity index (χ3v) is 10.2. The van der Waals surface area contributed by atoms with E-state index >= 15 is 0 Å². The molecule has 1 spiro atoms. The second-order valence-corrected chi connectivity index (χ2v) is 13.9. The van der Waals surface area contributed by atoms with Crippen LogP contribution < -0.4 is 5.32 Å². The van der Waals surface area contributed by atoms with Crippen LogP contribution in [0.4, 0.5) is 0 Å². The number of allylic oxidation sites excluding steroid dienone is 1. The van der Waals surface area contributed by atoms with E-state index in [1.54, 1.807) is 22.0 Å². The van der Waals surface area contributed by atoms with E-state index in [0.717, 1.165) is 18.4 Å². The van der Waals surface area contributed by atoms with Gasteiger partial charge in [-0.15, -0.1) is 13.2 Å². The number of nitrogens with one attached hydrogen (secondary N) is 1. The lowest BCUT2D eigenvalue weighted by molar-refractivity contribution is -0.149. The lowest BCUT2D eigenvalue weighted by Crippen LogP contribution is -2.58. The van der Waals surface area contributed by atoms with Gasteiger partial charge >= 0.3 is 5.97 Å². The van der Waals surface area contributed by atoms with E-state index in [2.05, 4.69) is 34.4 Å². The van der Waals surface area contributed by atoms with Crippen LogP contribution in [0.25, 0.3) is 0 Å². The van der Waals surface area contributed by atoms with Gasteiger partial charge in [0.1, 0.15) is 18.2 Å². The maximum atomic E-state index is 14.4. The highest BCUT2D eigenvalue weighted by molar-refractivity contribution is 9.09. The van der Waals surface area contributed by atoms with Crippen LogP contribution in [-0.2, 0) is 28.7 Å². The molecule has 0 saturated carbocycles. The molecule has 3 fully saturated rings. The Kier molecular flexibility index (Phi) is 12.6. The molecular formula is C35H48BrN3O7. The molecule has 11 heteroatoms. The first-order valence-corrected chi connectivity index (χ1v) is 17.3. The Bertz CT molecular complexity index is 1260. The van der Waals surface area contributed by atoms with Gasteiger partial charge in [-0.1, -0.05) is 71.3 Å². The summed E-state index contributed by atoms with van der Waals surface area (Å²) in [6.45, 7) is 12.0. The van der Waals surface area contributed by atoms with Crippen molar-refractivity contribution in [2.24, 2.45) is 11.8 Å². The molecular weight excluding hydrogens is 654 g/mol. The number of aliphatic hydroxyl groups excluding tert-OH is 1. The maximum Gasteiger partial charge on any atom is 0.306 e. The van der Waals surface area contributed by atoms with Crippen LogP contribution in [-0.4, -0.2) is 93.5 Å². The molecule has 3 aliphatic rings. The molecule has 3 saturated heterocycles. The molecule has 46 heavy (non-hydrogen) atoms. The first-order valence-electron chi connectivity index (χ1n) is 16.4. The summed E-state index contributed by atoms with van der Waals surface area (Å²) in [6, 6.07) is 7.58. The molecule has 1 aromatic rings. The fraction of sp³-hybridized carbons (Fsp3) is 0.600. The molecule has 0 aliphatic carbocycles. The summed E-state index contributed by atoms with van der Waals surface area (Å²) in [7, 11) is 0. The number of carbonyl (C=O) groups excluding carboxylic acids is 4. The minimum atomic E-state index is -1.17. The van der Waals surface area contributed by atoms with Gasteiger partial charge in [0.25, 0.3) is 0 Å². The van der Waals surface area contributed by atoms with E-state index in [4.69, 9.17) is 9.47 Å². The Morgan fingerprint density at radius 3 is 2.54 bits per heavy atom. The Labute approximate surface area is 280 Å². The van der Waals surface area contributed by atoms with Crippen LogP contribution in [0.2, 0.25) is 0 Å². The van der Waals surface area contributed by atoms with Gasteiger partial charge in [0.2, 0.25) is 17.7 Å². The van der Waals surface area contributed by atoms with Gasteiger partial charge in [-0.05, 0) is 45.1 Å². The molecule has 0 radical (unpaired) electrons. The molecule has 7 atom stereocenters. The van der Waals surface area contributed by atoms with Crippen molar-refractivity contribution in [3.05, 3.63) is 61.2 Å². The van der Waals surface area contributed by atoms with Crippen molar-refractivity contribution < 1.29 is 33.8 Å². The molecule has 1 aromatic carbocycles. The largest absolute Gasteiger partial charge is 0.463 e. The highest BCUT2D eigenvalue weighted by Crippen LogP contribution is 2.60. The van der Waals surface area contributed by atoms with E-state index in [9.17, 15) is 24.3 Å². The Balaban J connectivity index is 1.64. The number of amides is 3. The fourth-order valence-corrected chi connectivity index (χ4v) is 8.13. The fourth-order valence-electron chi connectivity index (χ4n) is 7.19. The number of fused-ring (bicyclic) bond motifs is 1. The van der Waals surface area contributed by atoms with Gasteiger partial charge in [-0.3, -0.25) is 19.2 Å². The van der Waals surface area contributed by atoms with Gasteiger partial charge in [0.05, 0.1) is 24.0 Å². The lowest BCUT2D eigenvalue weighted by Gasteiger charge is -2.38. The average molecular weight is 703 g/mol. The normalized spacial score (nSPS) is 26.9. The van der Waals surface area contributed by atoms with Gasteiger partial charge in [-0.2, -0.15) is 0 Å². The zero-order chi connectivity index (χ0) is 33.4. The quantitative estimate of drug-likeness (QED) is 0.102. The number of rotatable bonds is 18. The number of carbonyl (C=O) groups is 4. The Hall–Kier alpha value is -3.02. The minimum absolute atomic E-state index is 0.0720. The van der Waals surface area contributed by atoms with E-state index in [1.165, 1.54) is 0 Å². The van der Waals surface area contributed by atoms with Gasteiger partial charge in [0, 0.05) is 37.0 Å². The Morgan fingerprint density at radius 2 is 1.89 bits per heavy atom. The highest BCUT2D eigenvalue weighted by atomic mass is 79.9. The molecule has 4 rings (SSSR count). The van der Waals surface area contributed by atoms with Crippen molar-refractivity contribution in [1.82, 2.24) is 15.1 Å². The van der Waals surface area contributed by atoms with Crippen molar-refractivity contribution in [1.29, 1.82) is 0 Å². The number of unbranched alkanes of at least 4 members (excludes halogenated alkanes) is 3. The SMILES string of the molecule is C=CCCC(=O)OC[C@@H](NC(=O)[C@@H]1[C@H]2O[C@@]3(CC2Br)[C@H](C(=O)N(CC=C)C(C)C)N(CCCCCCO)C(=O)[C@@H]13)c1ccccc1. The number of likely N-dealkylation sites (tertiary alicyclic amines) is 1. The Morgan fingerprint density at radius 1 is 1.17 bits per heavy atom. The number of alkyl halides is 1. The number of benzene rings is 1. The summed E-state index contributed by atoms with van der Waals surface area (Å²) >= 11 is 3.74. The first kappa shape index (κ1) is 35.8. The van der Waals surface area contributed by atoms with E-state index in [1.807, 2.05) is 44.2 Å². The predicted octanol–water partition coefficient (Wildman–Crippen LogP) is 4.08. The molecule has 1 unspecified atom stereocenters. The van der Waals surface area contributed by atoms with Crippen LogP contribution in [0.1, 0.15) is 70.4 Å². The summed E-state index contributed by atoms with van der Waals surface area (Å²) < 4.78 is 12.2. The van der Waals surface area contributed by atoms with Crippen LogP contribution in [0.15, 0.2) is 55.6 Å². The summed E-state index contributed by atoms with van der Waals surface area (Å²) in [5, 5.41) is 12.3. The third kappa shape index (κ3) is 7.42. The highest BCUT2D eigenvalue weighted by Gasteiger charge is 2.76. The molecule has 3 heterocycles. The lowest BCUT2D eigenvalue weighted by atomic mass is 9.70. The third-order valence-electron chi connectivity index (χ3n) is 9.35. The zero-order valence-corrected chi connectivity index (χ0v) is 28.5. The molecule has 3 amide bonds. The van der Waals surface area contributed by atoms with E-state index < -0.39 is 41.6 Å². The molecule has 2 bridgehead atoms. The summed E-state index contributed by atoms with van der Waals surface area (Å²) in [4.78, 5) is 58.5. The van der Waals surface area contributed by atoms with Gasteiger partial charge in [-0.25, -0.2) is 0 Å². The molecule has 2 N–H and O–H groups in total. The zero-order valence-electron chi connectivity index (χ0n) is 26.9. The number of ether oxygens (including phenoxy) is 2. The van der Waals surface area contributed by atoms with E-state index in [0.29, 0.717) is 38.8 Å². The van der Waals surface area contributed by atoms with Crippen molar-refractivity contribution in [3.8, 4) is 0 Å². The summed E-state index contributed by atoms with van der Waals surface area (Å²) in [6.07, 6.45) is 6.73. The number of nitrogens with zero attached hydrogens (tertiary/aromatic N) is 2. The minimum Gasteiger partial charge on any atom is -0.463 e. The van der Waals surface area contributed by atoms with Crippen molar-refractivity contribution in [3.63, 3.8) is 0 Å². The molecule has 3 aliphatic heterocycles. The number of hydrogen-bond donors (Lipinski definition) is 2. The van der Waals surface area contributed by atoms with Crippen LogP contribution in [0, 0.1) is 11.8 Å². The standard InChI is InChI=1S/C35H48BrN3O7/c1-5-7-17-27(41)45-22-26(24-15-11-10-12-16-24)37-32(42)28-29-33(43)39(19-13-8-9-14-20-40)31(34(44)38(18-6-2)23(3)4)35(29)21-25(36)30(28)46-35/h5-6,10-12,15-16,23,25-26,28-31,40H,1-2,7-9,13-14,17-22H2,3-4H3,(H,37,42)/t25?,26-,28+,29-,30+,31+,35-/m1/s1. The monoisotopic (exact) mass is 701 g/mol.